The molecule has 24 heavy (non-hydrogen) atoms. The lowest BCUT2D eigenvalue weighted by molar-refractivity contribution is -0.121. The maximum absolute atomic E-state index is 12.6. The largest absolute Gasteiger partial charge is 0.358 e. The van der Waals surface area contributed by atoms with Crippen LogP contribution in [0.1, 0.15) is 43.9 Å². The number of aromatic amines is 1. The zero-order valence-corrected chi connectivity index (χ0v) is 15.9. The van der Waals surface area contributed by atoms with Crippen molar-refractivity contribution < 1.29 is 4.79 Å². The Bertz CT molecular complexity index is 781. The van der Waals surface area contributed by atoms with E-state index in [-0.39, 0.29) is 5.91 Å². The Morgan fingerprint density at radius 2 is 2.21 bits per heavy atom. The summed E-state index contributed by atoms with van der Waals surface area (Å²) in [6.45, 7) is 4.25. The molecule has 4 rings (SSSR count). The van der Waals surface area contributed by atoms with E-state index >= 15 is 0 Å². The van der Waals surface area contributed by atoms with Crippen LogP contribution in [-0.2, 0) is 11.2 Å². The number of aryl methyl sites for hydroxylation is 1. The van der Waals surface area contributed by atoms with Crippen LogP contribution in [0.25, 0.3) is 10.9 Å². The first-order valence-electron chi connectivity index (χ1n) is 9.07. The van der Waals surface area contributed by atoms with E-state index in [2.05, 4.69) is 52.2 Å². The van der Waals surface area contributed by atoms with E-state index in [9.17, 15) is 4.79 Å². The Morgan fingerprint density at radius 1 is 1.38 bits per heavy atom. The van der Waals surface area contributed by atoms with Gasteiger partial charge in [-0.3, -0.25) is 4.79 Å². The number of nitrogens with one attached hydrogen (secondary N) is 2. The lowest BCUT2D eigenvalue weighted by Gasteiger charge is -2.28. The van der Waals surface area contributed by atoms with Gasteiger partial charge >= 0.3 is 0 Å². The molecule has 0 radical (unpaired) electrons. The fourth-order valence-corrected chi connectivity index (χ4v) is 5.42. The number of hydrogen-bond donors (Lipinski definition) is 2. The SMILES string of the molecule is Cc1[nH]c2ccc(Br)cc2c1CC(=O)NC(C)C1CC2CCC1C2. The summed E-state index contributed by atoms with van der Waals surface area (Å²) in [7, 11) is 0. The smallest absolute Gasteiger partial charge is 0.224 e. The highest BCUT2D eigenvalue weighted by Crippen LogP contribution is 2.49. The molecular weight excluding hydrogens is 364 g/mol. The van der Waals surface area contributed by atoms with Crippen molar-refractivity contribution in [2.24, 2.45) is 17.8 Å². The Labute approximate surface area is 151 Å². The molecule has 3 nitrogen and oxygen atoms in total. The zero-order chi connectivity index (χ0) is 16.8. The quantitative estimate of drug-likeness (QED) is 0.781. The van der Waals surface area contributed by atoms with E-state index in [0.29, 0.717) is 18.4 Å². The average molecular weight is 389 g/mol. The number of fused-ring (bicyclic) bond motifs is 3. The standard InChI is InChI=1S/C20H25BrN2O/c1-11(16-8-13-3-4-14(16)7-13)23-20(24)10-17-12(2)22-19-6-5-15(21)9-18(17)19/h5-6,9,11,13-14,16,22H,3-4,7-8,10H2,1-2H3,(H,23,24). The van der Waals surface area contributed by atoms with E-state index in [1.807, 2.05) is 6.07 Å². The Hall–Kier alpha value is -1.29. The van der Waals surface area contributed by atoms with Crippen molar-refractivity contribution in [2.45, 2.75) is 52.0 Å². The molecule has 2 aliphatic carbocycles. The summed E-state index contributed by atoms with van der Waals surface area (Å²) in [4.78, 5) is 16.0. The molecule has 2 N–H and O–H groups in total. The molecule has 2 aliphatic rings. The second kappa shape index (κ2) is 6.21. The third-order valence-corrected chi connectivity index (χ3v) is 6.74. The van der Waals surface area contributed by atoms with E-state index in [1.54, 1.807) is 0 Å². The van der Waals surface area contributed by atoms with Crippen LogP contribution in [0, 0.1) is 24.7 Å². The van der Waals surface area contributed by atoms with Gasteiger partial charge in [-0.1, -0.05) is 22.4 Å². The summed E-state index contributed by atoms with van der Waals surface area (Å²) in [6.07, 6.45) is 5.93. The number of carbonyl (C=O) groups excluding carboxylic acids is 1. The van der Waals surface area contributed by atoms with E-state index < -0.39 is 0 Å². The average Bonchev–Trinajstić information content (AvgIpc) is 3.23. The van der Waals surface area contributed by atoms with Crippen LogP contribution in [0.4, 0.5) is 0 Å². The number of carbonyl (C=O) groups is 1. The first-order valence-corrected chi connectivity index (χ1v) is 9.86. The first-order chi connectivity index (χ1) is 11.5. The molecule has 2 aromatic rings. The van der Waals surface area contributed by atoms with Crippen LogP contribution in [0.3, 0.4) is 0 Å². The maximum Gasteiger partial charge on any atom is 0.224 e. The third kappa shape index (κ3) is 2.90. The number of H-pyrrole nitrogens is 1. The molecule has 1 aromatic heterocycles. The van der Waals surface area contributed by atoms with Crippen LogP contribution < -0.4 is 5.32 Å². The minimum atomic E-state index is 0.147. The molecule has 4 unspecified atom stereocenters. The molecule has 1 aromatic carbocycles. The Balaban J connectivity index is 1.46. The van der Waals surface area contributed by atoms with Gasteiger partial charge in [0.1, 0.15) is 0 Å². The number of benzene rings is 1. The molecule has 1 heterocycles. The van der Waals surface area contributed by atoms with Crippen molar-refractivity contribution in [3.63, 3.8) is 0 Å². The fraction of sp³-hybridized carbons (Fsp3) is 0.550. The predicted molar refractivity (Wildman–Crippen MR) is 101 cm³/mol. The molecule has 4 heteroatoms. The lowest BCUT2D eigenvalue weighted by Crippen LogP contribution is -2.40. The summed E-state index contributed by atoms with van der Waals surface area (Å²) < 4.78 is 1.05. The highest BCUT2D eigenvalue weighted by atomic mass is 79.9. The number of halogens is 1. The fourth-order valence-electron chi connectivity index (χ4n) is 5.06. The molecule has 1 amide bonds. The van der Waals surface area contributed by atoms with Gasteiger partial charge in [0.25, 0.3) is 0 Å². The van der Waals surface area contributed by atoms with E-state index in [0.717, 1.165) is 38.5 Å². The normalized spacial score (nSPS) is 26.9. The molecular formula is C20H25BrN2O. The third-order valence-electron chi connectivity index (χ3n) is 6.24. The summed E-state index contributed by atoms with van der Waals surface area (Å²) >= 11 is 3.53. The van der Waals surface area contributed by atoms with Gasteiger partial charge in [0, 0.05) is 27.1 Å². The van der Waals surface area contributed by atoms with Gasteiger partial charge in [0.2, 0.25) is 5.91 Å². The second-order valence-corrected chi connectivity index (χ2v) is 8.71. The Morgan fingerprint density at radius 3 is 2.92 bits per heavy atom. The Kier molecular flexibility index (Phi) is 4.19. The molecule has 2 fully saturated rings. The van der Waals surface area contributed by atoms with Crippen molar-refractivity contribution in [1.82, 2.24) is 10.3 Å². The van der Waals surface area contributed by atoms with Crippen LogP contribution in [-0.4, -0.2) is 16.9 Å². The predicted octanol–water partition coefficient (Wildman–Crippen LogP) is 4.72. The number of rotatable bonds is 4. The van der Waals surface area contributed by atoms with Crippen molar-refractivity contribution in [1.29, 1.82) is 0 Å². The second-order valence-electron chi connectivity index (χ2n) is 7.79. The minimum Gasteiger partial charge on any atom is -0.358 e. The van der Waals surface area contributed by atoms with Gasteiger partial charge in [0.15, 0.2) is 0 Å². The van der Waals surface area contributed by atoms with Crippen LogP contribution in [0.15, 0.2) is 22.7 Å². The lowest BCUT2D eigenvalue weighted by atomic mass is 9.84. The van der Waals surface area contributed by atoms with Gasteiger partial charge in [-0.05, 0) is 74.6 Å². The molecule has 0 saturated heterocycles. The highest BCUT2D eigenvalue weighted by molar-refractivity contribution is 9.10. The van der Waals surface area contributed by atoms with Crippen LogP contribution in [0.2, 0.25) is 0 Å². The topological polar surface area (TPSA) is 44.9 Å². The molecule has 0 spiro atoms. The van der Waals surface area contributed by atoms with Gasteiger partial charge < -0.3 is 10.3 Å². The summed E-state index contributed by atoms with van der Waals surface area (Å²) in [5.74, 6) is 2.60. The monoisotopic (exact) mass is 388 g/mol. The number of amides is 1. The van der Waals surface area contributed by atoms with Crippen molar-refractivity contribution in [3.05, 3.63) is 33.9 Å². The first kappa shape index (κ1) is 16.2. The van der Waals surface area contributed by atoms with Gasteiger partial charge in [-0.2, -0.15) is 0 Å². The van der Waals surface area contributed by atoms with Gasteiger partial charge in [-0.25, -0.2) is 0 Å². The molecule has 2 saturated carbocycles. The molecule has 0 aliphatic heterocycles. The van der Waals surface area contributed by atoms with Crippen molar-refractivity contribution >= 4 is 32.7 Å². The molecule has 128 valence electrons. The van der Waals surface area contributed by atoms with E-state index in [1.165, 1.54) is 25.7 Å². The highest BCUT2D eigenvalue weighted by Gasteiger charge is 2.42. The number of aromatic nitrogens is 1. The zero-order valence-electron chi connectivity index (χ0n) is 14.4. The summed E-state index contributed by atoms with van der Waals surface area (Å²) in [5, 5.41) is 4.43. The van der Waals surface area contributed by atoms with Crippen molar-refractivity contribution in [3.8, 4) is 0 Å². The minimum absolute atomic E-state index is 0.147. The van der Waals surface area contributed by atoms with E-state index in [4.69, 9.17) is 0 Å². The molecule has 4 atom stereocenters. The van der Waals surface area contributed by atoms with Crippen LogP contribution in [0.5, 0.6) is 0 Å². The maximum atomic E-state index is 12.6. The number of hydrogen-bond acceptors (Lipinski definition) is 1. The summed E-state index contributed by atoms with van der Waals surface area (Å²) in [6, 6.07) is 6.48. The van der Waals surface area contributed by atoms with Gasteiger partial charge in [-0.15, -0.1) is 0 Å². The molecule has 2 bridgehead atoms. The van der Waals surface area contributed by atoms with Crippen molar-refractivity contribution in [2.75, 3.05) is 0 Å². The summed E-state index contributed by atoms with van der Waals surface area (Å²) in [5.41, 5.74) is 3.30. The van der Waals surface area contributed by atoms with Gasteiger partial charge in [0.05, 0.1) is 6.42 Å². The van der Waals surface area contributed by atoms with Crippen LogP contribution >= 0.6 is 15.9 Å².